The molecule has 1 aliphatic heterocycles. The molecule has 1 aliphatic rings. The fraction of sp³-hybridized carbons (Fsp3) is 0.0833. The highest BCUT2D eigenvalue weighted by Gasteiger charge is 2.35. The second-order valence-corrected chi connectivity index (χ2v) is 10.7. The topological polar surface area (TPSA) is 46.6 Å². The normalized spacial score (nSPS) is 14.9. The zero-order valence-corrected chi connectivity index (χ0v) is 22.4. The van der Waals surface area contributed by atoms with Gasteiger partial charge >= 0.3 is 0 Å². The maximum atomic E-state index is 13.1. The zero-order chi connectivity index (χ0) is 23.5. The summed E-state index contributed by atoms with van der Waals surface area (Å²) in [6, 6.07) is 17.2. The summed E-state index contributed by atoms with van der Waals surface area (Å²) in [4.78, 5) is 26.9. The number of carbonyl (C=O) groups excluding carboxylic acids is 2. The summed E-state index contributed by atoms with van der Waals surface area (Å²) in [6.07, 6.45) is 1.69. The lowest BCUT2D eigenvalue weighted by atomic mass is 10.2. The smallest absolute Gasteiger partial charge is 0.293 e. The Bertz CT molecular complexity index is 1220. The van der Waals surface area contributed by atoms with E-state index < -0.39 is 0 Å². The Labute approximate surface area is 219 Å². The number of rotatable bonds is 6. The van der Waals surface area contributed by atoms with E-state index in [0.29, 0.717) is 19.6 Å². The summed E-state index contributed by atoms with van der Waals surface area (Å²) in [5.41, 5.74) is 2.44. The van der Waals surface area contributed by atoms with Gasteiger partial charge in [0.25, 0.3) is 11.1 Å². The first-order valence-corrected chi connectivity index (χ1v) is 12.9. The standard InChI is InChI=1S/C24H15Br3FNO3S/c25-17-5-1-14(2-6-17)12-29-23(30)21(33-24(29)31)11-16-9-19(26)22(20(27)10-16)32-13-15-3-7-18(28)8-4-15/h1-11H,12-13H2/b21-11-. The van der Waals surface area contributed by atoms with Crippen LogP contribution in [0.2, 0.25) is 0 Å². The van der Waals surface area contributed by atoms with Crippen LogP contribution < -0.4 is 4.74 Å². The number of hydrogen-bond donors (Lipinski definition) is 0. The van der Waals surface area contributed by atoms with Crippen molar-refractivity contribution < 1.29 is 18.7 Å². The molecule has 0 aliphatic carbocycles. The lowest BCUT2D eigenvalue weighted by Crippen LogP contribution is -2.27. The molecule has 0 spiro atoms. The van der Waals surface area contributed by atoms with Crippen LogP contribution in [0.25, 0.3) is 6.08 Å². The van der Waals surface area contributed by atoms with E-state index in [1.54, 1.807) is 18.2 Å². The van der Waals surface area contributed by atoms with Crippen molar-refractivity contribution in [2.45, 2.75) is 13.2 Å². The number of nitrogens with zero attached hydrogens (tertiary/aromatic N) is 1. The second kappa shape index (κ2) is 10.5. The van der Waals surface area contributed by atoms with E-state index in [9.17, 15) is 14.0 Å². The summed E-state index contributed by atoms with van der Waals surface area (Å²) in [5, 5.41) is -0.299. The first-order chi connectivity index (χ1) is 15.8. The Kier molecular flexibility index (Phi) is 7.73. The van der Waals surface area contributed by atoms with E-state index in [0.717, 1.165) is 32.9 Å². The van der Waals surface area contributed by atoms with Gasteiger partial charge in [0.2, 0.25) is 0 Å². The summed E-state index contributed by atoms with van der Waals surface area (Å²) in [6.45, 7) is 0.491. The Hall–Kier alpha value is -1.94. The van der Waals surface area contributed by atoms with Crippen LogP contribution >= 0.6 is 59.6 Å². The molecule has 0 unspecified atom stereocenters. The molecule has 1 fully saturated rings. The van der Waals surface area contributed by atoms with E-state index in [2.05, 4.69) is 47.8 Å². The number of hydrogen-bond acceptors (Lipinski definition) is 4. The lowest BCUT2D eigenvalue weighted by Gasteiger charge is -2.13. The summed E-state index contributed by atoms with van der Waals surface area (Å²) in [7, 11) is 0. The van der Waals surface area contributed by atoms with Gasteiger partial charge in [-0.15, -0.1) is 0 Å². The molecule has 168 valence electrons. The minimum absolute atomic E-state index is 0.221. The average molecular weight is 656 g/mol. The van der Waals surface area contributed by atoms with Crippen LogP contribution in [0.5, 0.6) is 5.75 Å². The SMILES string of the molecule is O=C1S/C(=C\c2cc(Br)c(OCc3ccc(F)cc3)c(Br)c2)C(=O)N1Cc1ccc(Br)cc1. The Morgan fingerprint density at radius 3 is 2.15 bits per heavy atom. The van der Waals surface area contributed by atoms with Crippen LogP contribution in [-0.4, -0.2) is 16.0 Å². The summed E-state index contributed by atoms with van der Waals surface area (Å²) < 4.78 is 21.2. The minimum atomic E-state index is -0.322. The fourth-order valence-electron chi connectivity index (χ4n) is 3.10. The maximum Gasteiger partial charge on any atom is 0.293 e. The molecule has 33 heavy (non-hydrogen) atoms. The number of imide groups is 1. The van der Waals surface area contributed by atoms with Gasteiger partial charge in [-0.3, -0.25) is 14.5 Å². The molecule has 0 bridgehead atoms. The third-order valence-corrected chi connectivity index (χ3v) is 7.36. The maximum absolute atomic E-state index is 13.1. The highest BCUT2D eigenvalue weighted by Crippen LogP contribution is 2.38. The minimum Gasteiger partial charge on any atom is -0.487 e. The Morgan fingerprint density at radius 1 is 0.909 bits per heavy atom. The molecular weight excluding hydrogens is 641 g/mol. The lowest BCUT2D eigenvalue weighted by molar-refractivity contribution is -0.123. The van der Waals surface area contributed by atoms with Crippen molar-refractivity contribution in [2.24, 2.45) is 0 Å². The highest BCUT2D eigenvalue weighted by molar-refractivity contribution is 9.11. The molecule has 2 amide bonds. The molecule has 0 saturated carbocycles. The quantitative estimate of drug-likeness (QED) is 0.253. The molecule has 0 aromatic heterocycles. The van der Waals surface area contributed by atoms with Crippen molar-refractivity contribution in [2.75, 3.05) is 0 Å². The monoisotopic (exact) mass is 653 g/mol. The zero-order valence-electron chi connectivity index (χ0n) is 16.9. The van der Waals surface area contributed by atoms with Gasteiger partial charge in [-0.2, -0.15) is 0 Å². The first-order valence-electron chi connectivity index (χ1n) is 9.66. The Morgan fingerprint density at radius 2 is 1.52 bits per heavy atom. The van der Waals surface area contributed by atoms with Gasteiger partial charge in [-0.05, 0) is 103 Å². The van der Waals surface area contributed by atoms with Gasteiger partial charge < -0.3 is 4.74 Å². The van der Waals surface area contributed by atoms with Crippen molar-refractivity contribution >= 4 is 76.8 Å². The molecular formula is C24H15Br3FNO3S. The number of thioether (sulfide) groups is 1. The van der Waals surface area contributed by atoms with Gasteiger partial charge in [0.15, 0.2) is 0 Å². The van der Waals surface area contributed by atoms with E-state index in [1.807, 2.05) is 36.4 Å². The summed E-state index contributed by atoms with van der Waals surface area (Å²) >= 11 is 11.3. The van der Waals surface area contributed by atoms with Crippen LogP contribution in [0.4, 0.5) is 9.18 Å². The molecule has 1 heterocycles. The van der Waals surface area contributed by atoms with E-state index in [4.69, 9.17) is 4.74 Å². The predicted octanol–water partition coefficient (Wildman–Crippen LogP) is 7.93. The first kappa shape index (κ1) is 24.2. The molecule has 0 radical (unpaired) electrons. The van der Waals surface area contributed by atoms with Gasteiger partial charge in [0.1, 0.15) is 18.2 Å². The highest BCUT2D eigenvalue weighted by atomic mass is 79.9. The van der Waals surface area contributed by atoms with Crippen LogP contribution in [0.3, 0.4) is 0 Å². The number of halogens is 4. The van der Waals surface area contributed by atoms with E-state index in [1.165, 1.54) is 17.0 Å². The molecule has 3 aromatic rings. The van der Waals surface area contributed by atoms with E-state index in [-0.39, 0.29) is 30.1 Å². The van der Waals surface area contributed by atoms with Gasteiger partial charge in [-0.1, -0.05) is 40.2 Å². The van der Waals surface area contributed by atoms with Crippen molar-refractivity contribution in [3.8, 4) is 5.75 Å². The third kappa shape index (κ3) is 5.95. The molecule has 4 nitrogen and oxygen atoms in total. The number of amides is 2. The molecule has 0 N–H and O–H groups in total. The van der Waals surface area contributed by atoms with Crippen molar-refractivity contribution in [1.29, 1.82) is 0 Å². The largest absolute Gasteiger partial charge is 0.487 e. The van der Waals surface area contributed by atoms with Gasteiger partial charge in [0.05, 0.1) is 20.4 Å². The van der Waals surface area contributed by atoms with Gasteiger partial charge in [-0.25, -0.2) is 4.39 Å². The van der Waals surface area contributed by atoms with E-state index >= 15 is 0 Å². The van der Waals surface area contributed by atoms with Crippen molar-refractivity contribution in [1.82, 2.24) is 4.90 Å². The van der Waals surface area contributed by atoms with Crippen LogP contribution in [0, 0.1) is 5.82 Å². The van der Waals surface area contributed by atoms with Crippen LogP contribution in [0.1, 0.15) is 16.7 Å². The van der Waals surface area contributed by atoms with Crippen molar-refractivity contribution in [3.63, 3.8) is 0 Å². The Balaban J connectivity index is 1.49. The molecule has 1 saturated heterocycles. The second-order valence-electron chi connectivity index (χ2n) is 7.12. The van der Waals surface area contributed by atoms with Crippen LogP contribution in [-0.2, 0) is 17.9 Å². The number of ether oxygens (including phenoxy) is 1. The summed E-state index contributed by atoms with van der Waals surface area (Å²) in [5.74, 6) is -0.0386. The molecule has 9 heteroatoms. The molecule has 3 aromatic carbocycles. The number of benzene rings is 3. The molecule has 4 rings (SSSR count). The number of carbonyl (C=O) groups is 2. The average Bonchev–Trinajstić information content (AvgIpc) is 3.03. The molecule has 0 atom stereocenters. The predicted molar refractivity (Wildman–Crippen MR) is 138 cm³/mol. The van der Waals surface area contributed by atoms with Crippen molar-refractivity contribution in [3.05, 3.63) is 101 Å². The fourth-order valence-corrected chi connectivity index (χ4v) is 5.65. The van der Waals surface area contributed by atoms with Gasteiger partial charge in [0, 0.05) is 4.47 Å². The van der Waals surface area contributed by atoms with Crippen LogP contribution in [0.15, 0.2) is 79.0 Å². The third-order valence-electron chi connectivity index (χ3n) is 4.74.